The SMILES string of the molecule is CCCCCCCCCC(=O)Nc1ccc(C(=O)OC2CCC(C(C)(C)C)CC2)cc1. The van der Waals surface area contributed by atoms with Crippen molar-refractivity contribution in [2.45, 2.75) is 111 Å². The van der Waals surface area contributed by atoms with Crippen LogP contribution in [0.3, 0.4) is 0 Å². The highest BCUT2D eigenvalue weighted by Gasteiger charge is 2.31. The number of nitrogens with one attached hydrogen (secondary N) is 1. The van der Waals surface area contributed by atoms with Crippen LogP contribution >= 0.6 is 0 Å². The number of benzene rings is 1. The van der Waals surface area contributed by atoms with Crippen molar-refractivity contribution >= 4 is 17.6 Å². The first-order valence-corrected chi connectivity index (χ1v) is 12.4. The van der Waals surface area contributed by atoms with Crippen molar-refractivity contribution in [3.63, 3.8) is 0 Å². The maximum absolute atomic E-state index is 12.5. The van der Waals surface area contributed by atoms with Gasteiger partial charge in [-0.2, -0.15) is 0 Å². The molecule has 1 N–H and O–H groups in total. The zero-order chi connectivity index (χ0) is 22.7. The average Bonchev–Trinajstić information content (AvgIpc) is 2.73. The van der Waals surface area contributed by atoms with Gasteiger partial charge in [-0.3, -0.25) is 4.79 Å². The largest absolute Gasteiger partial charge is 0.459 e. The first kappa shape index (κ1) is 25.4. The van der Waals surface area contributed by atoms with Crippen molar-refractivity contribution < 1.29 is 14.3 Å². The lowest BCUT2D eigenvalue weighted by Crippen LogP contribution is -2.30. The van der Waals surface area contributed by atoms with Gasteiger partial charge >= 0.3 is 5.97 Å². The van der Waals surface area contributed by atoms with Crippen LogP contribution in [-0.2, 0) is 9.53 Å². The highest BCUT2D eigenvalue weighted by atomic mass is 16.5. The van der Waals surface area contributed by atoms with Crippen molar-refractivity contribution in [3.05, 3.63) is 29.8 Å². The maximum Gasteiger partial charge on any atom is 0.338 e. The van der Waals surface area contributed by atoms with Gasteiger partial charge in [0.25, 0.3) is 0 Å². The van der Waals surface area contributed by atoms with Crippen molar-refractivity contribution in [2.75, 3.05) is 5.32 Å². The smallest absolute Gasteiger partial charge is 0.338 e. The number of rotatable bonds is 11. The zero-order valence-electron chi connectivity index (χ0n) is 20.2. The quantitative estimate of drug-likeness (QED) is 0.292. The Morgan fingerprint density at radius 1 is 0.903 bits per heavy atom. The molecule has 4 nitrogen and oxygen atoms in total. The molecule has 1 amide bonds. The molecular formula is C27H43NO3. The second-order valence-electron chi connectivity index (χ2n) is 10.2. The Morgan fingerprint density at radius 2 is 1.48 bits per heavy atom. The number of hydrogen-bond donors (Lipinski definition) is 1. The molecule has 0 spiro atoms. The number of ether oxygens (including phenoxy) is 1. The van der Waals surface area contributed by atoms with E-state index in [1.165, 1.54) is 32.1 Å². The molecule has 0 atom stereocenters. The van der Waals surface area contributed by atoms with Crippen LogP contribution in [0.15, 0.2) is 24.3 Å². The van der Waals surface area contributed by atoms with E-state index in [1.54, 1.807) is 24.3 Å². The number of unbranched alkanes of at least 4 members (excludes halogenated alkanes) is 6. The van der Waals surface area contributed by atoms with Crippen molar-refractivity contribution in [1.29, 1.82) is 0 Å². The van der Waals surface area contributed by atoms with Crippen LogP contribution < -0.4 is 5.32 Å². The Morgan fingerprint density at radius 3 is 2.06 bits per heavy atom. The highest BCUT2D eigenvalue weighted by Crippen LogP contribution is 2.38. The fourth-order valence-corrected chi connectivity index (χ4v) is 4.42. The van der Waals surface area contributed by atoms with Crippen molar-refractivity contribution in [1.82, 2.24) is 0 Å². The first-order chi connectivity index (χ1) is 14.8. The lowest BCUT2D eigenvalue weighted by molar-refractivity contribution is -0.116. The average molecular weight is 430 g/mol. The van der Waals surface area contributed by atoms with E-state index in [2.05, 4.69) is 33.0 Å². The van der Waals surface area contributed by atoms with Crippen LogP contribution in [0.2, 0.25) is 0 Å². The van der Waals surface area contributed by atoms with E-state index < -0.39 is 0 Å². The van der Waals surface area contributed by atoms with E-state index in [4.69, 9.17) is 4.74 Å². The molecule has 0 heterocycles. The topological polar surface area (TPSA) is 55.4 Å². The molecule has 0 aromatic heterocycles. The summed E-state index contributed by atoms with van der Waals surface area (Å²) in [4.78, 5) is 24.6. The molecule has 4 heteroatoms. The van der Waals surface area contributed by atoms with Gasteiger partial charge in [0.05, 0.1) is 5.56 Å². The maximum atomic E-state index is 12.5. The van der Waals surface area contributed by atoms with Gasteiger partial charge in [-0.05, 0) is 67.7 Å². The van der Waals surface area contributed by atoms with Gasteiger partial charge in [0.15, 0.2) is 0 Å². The molecule has 0 bridgehead atoms. The molecule has 1 aromatic rings. The lowest BCUT2D eigenvalue weighted by Gasteiger charge is -2.36. The number of carbonyl (C=O) groups excluding carboxylic acids is 2. The molecule has 2 rings (SSSR count). The normalized spacial score (nSPS) is 19.1. The lowest BCUT2D eigenvalue weighted by atomic mass is 9.72. The number of esters is 1. The number of amides is 1. The Balaban J connectivity index is 1.68. The van der Waals surface area contributed by atoms with Crippen LogP contribution in [-0.4, -0.2) is 18.0 Å². The molecule has 0 saturated heterocycles. The summed E-state index contributed by atoms with van der Waals surface area (Å²) in [6.45, 7) is 9.09. The fourth-order valence-electron chi connectivity index (χ4n) is 4.42. The van der Waals surface area contributed by atoms with Gasteiger partial charge in [-0.1, -0.05) is 66.2 Å². The fraction of sp³-hybridized carbons (Fsp3) is 0.704. The molecule has 0 unspecified atom stereocenters. The Bertz CT molecular complexity index is 667. The van der Waals surface area contributed by atoms with Crippen LogP contribution in [0, 0.1) is 11.3 Å². The molecule has 174 valence electrons. The third-order valence-corrected chi connectivity index (χ3v) is 6.58. The molecule has 31 heavy (non-hydrogen) atoms. The van der Waals surface area contributed by atoms with E-state index in [0.717, 1.165) is 44.2 Å². The van der Waals surface area contributed by atoms with Gasteiger partial charge < -0.3 is 10.1 Å². The van der Waals surface area contributed by atoms with Gasteiger partial charge in [-0.25, -0.2) is 4.79 Å². The number of carbonyl (C=O) groups is 2. The van der Waals surface area contributed by atoms with Gasteiger partial charge in [0.2, 0.25) is 5.91 Å². The second-order valence-corrected chi connectivity index (χ2v) is 10.2. The van der Waals surface area contributed by atoms with Crippen molar-refractivity contribution in [2.24, 2.45) is 11.3 Å². The van der Waals surface area contributed by atoms with E-state index in [9.17, 15) is 9.59 Å². The number of hydrogen-bond acceptors (Lipinski definition) is 3. The minimum atomic E-state index is -0.264. The third kappa shape index (κ3) is 9.45. The van der Waals surface area contributed by atoms with Gasteiger partial charge in [-0.15, -0.1) is 0 Å². The van der Waals surface area contributed by atoms with Gasteiger partial charge in [0, 0.05) is 12.1 Å². The highest BCUT2D eigenvalue weighted by molar-refractivity contribution is 5.93. The zero-order valence-corrected chi connectivity index (χ0v) is 20.2. The van der Waals surface area contributed by atoms with Crippen LogP contribution in [0.25, 0.3) is 0 Å². The molecule has 0 aliphatic heterocycles. The van der Waals surface area contributed by atoms with Crippen LogP contribution in [0.5, 0.6) is 0 Å². The summed E-state index contributed by atoms with van der Waals surface area (Å²) in [5.41, 5.74) is 1.60. The first-order valence-electron chi connectivity index (χ1n) is 12.4. The summed E-state index contributed by atoms with van der Waals surface area (Å²) >= 11 is 0. The predicted molar refractivity (Wildman–Crippen MR) is 128 cm³/mol. The summed E-state index contributed by atoms with van der Waals surface area (Å²) in [6, 6.07) is 7.06. The Kier molecular flexibility index (Phi) is 10.6. The van der Waals surface area contributed by atoms with Gasteiger partial charge in [0.1, 0.15) is 6.10 Å². The molecule has 1 aromatic carbocycles. The molecule has 1 aliphatic rings. The molecule has 1 saturated carbocycles. The minimum absolute atomic E-state index is 0.0208. The van der Waals surface area contributed by atoms with E-state index in [-0.39, 0.29) is 18.0 Å². The molecule has 1 fully saturated rings. The summed E-state index contributed by atoms with van der Waals surface area (Å²) < 4.78 is 5.73. The molecule has 0 radical (unpaired) electrons. The van der Waals surface area contributed by atoms with Crippen LogP contribution in [0.1, 0.15) is 115 Å². The summed E-state index contributed by atoms with van der Waals surface area (Å²) in [5.74, 6) is 0.478. The van der Waals surface area contributed by atoms with Crippen molar-refractivity contribution in [3.8, 4) is 0 Å². The Hall–Kier alpha value is -1.84. The summed E-state index contributed by atoms with van der Waals surface area (Å²) in [6.07, 6.45) is 13.1. The van der Waals surface area contributed by atoms with E-state index in [0.29, 0.717) is 23.3 Å². The molecular weight excluding hydrogens is 386 g/mol. The van der Waals surface area contributed by atoms with E-state index >= 15 is 0 Å². The summed E-state index contributed by atoms with van der Waals surface area (Å²) in [7, 11) is 0. The minimum Gasteiger partial charge on any atom is -0.459 e. The van der Waals surface area contributed by atoms with Crippen LogP contribution in [0.4, 0.5) is 5.69 Å². The Labute approximate surface area is 189 Å². The van der Waals surface area contributed by atoms with E-state index in [1.807, 2.05) is 0 Å². The predicted octanol–water partition coefficient (Wildman–Crippen LogP) is 7.53. The number of anilines is 1. The second kappa shape index (κ2) is 12.9. The summed E-state index contributed by atoms with van der Waals surface area (Å²) in [5, 5.41) is 2.93. The molecule has 1 aliphatic carbocycles. The standard InChI is InChI=1S/C27H43NO3/c1-5-6-7-8-9-10-11-12-25(29)28-23-17-13-21(14-18-23)26(30)31-24-19-15-22(16-20-24)27(2,3)4/h13-14,17-18,22,24H,5-12,15-16,19-20H2,1-4H3,(H,28,29). The third-order valence-electron chi connectivity index (χ3n) is 6.58. The monoisotopic (exact) mass is 429 g/mol.